The summed E-state index contributed by atoms with van der Waals surface area (Å²) in [6, 6.07) is 17.6. The maximum absolute atomic E-state index is 13.6. The summed E-state index contributed by atoms with van der Waals surface area (Å²) in [6.07, 6.45) is 4.46. The fraction of sp³-hybridized carbons (Fsp3) is 0.240. The molecule has 0 fully saturated rings. The molecular formula is C25H23N5O2. The van der Waals surface area contributed by atoms with Crippen LogP contribution in [0, 0.1) is 11.3 Å². The largest absolute Gasteiger partial charge is 0.497 e. The second-order valence-electron chi connectivity index (χ2n) is 8.03. The van der Waals surface area contributed by atoms with Gasteiger partial charge in [-0.25, -0.2) is 4.98 Å². The fourth-order valence-electron chi connectivity index (χ4n) is 4.41. The van der Waals surface area contributed by atoms with Crippen LogP contribution < -0.4 is 10.3 Å². The molecule has 160 valence electrons. The van der Waals surface area contributed by atoms with E-state index in [1.807, 2.05) is 59.1 Å². The number of methoxy groups -OCH3 is 1. The van der Waals surface area contributed by atoms with E-state index in [2.05, 4.69) is 16.0 Å². The molecule has 0 aliphatic carbocycles. The van der Waals surface area contributed by atoms with Gasteiger partial charge in [0.15, 0.2) is 0 Å². The molecule has 2 aromatic carbocycles. The van der Waals surface area contributed by atoms with Crippen LogP contribution in [0.1, 0.15) is 27.9 Å². The van der Waals surface area contributed by atoms with Gasteiger partial charge < -0.3 is 4.74 Å². The van der Waals surface area contributed by atoms with Crippen LogP contribution in [0.4, 0.5) is 0 Å². The van der Waals surface area contributed by atoms with Gasteiger partial charge in [-0.05, 0) is 35.4 Å². The SMILES string of the molecule is COc1ccc(Cn2c(=O)c3c(n4ccnc24)CCN(Cc2cccc(C#N)c2)C3)cc1. The van der Waals surface area contributed by atoms with Gasteiger partial charge in [-0.15, -0.1) is 0 Å². The van der Waals surface area contributed by atoms with E-state index in [-0.39, 0.29) is 5.56 Å². The lowest BCUT2D eigenvalue weighted by Gasteiger charge is -2.29. The van der Waals surface area contributed by atoms with Crippen LogP contribution in [0.5, 0.6) is 5.75 Å². The van der Waals surface area contributed by atoms with Gasteiger partial charge >= 0.3 is 0 Å². The highest BCUT2D eigenvalue weighted by molar-refractivity contribution is 5.39. The number of fused-ring (bicyclic) bond motifs is 3. The standard InChI is InChI=1S/C25H23N5O2/c1-32-21-7-5-18(6-8-21)16-30-24(31)22-17-28(15-20-4-2-3-19(13-20)14-26)11-9-23(22)29-12-10-27-25(29)30/h2-8,10,12-13H,9,11,15-17H2,1H3. The summed E-state index contributed by atoms with van der Waals surface area (Å²) in [5.41, 5.74) is 4.60. The average Bonchev–Trinajstić information content (AvgIpc) is 3.32. The van der Waals surface area contributed by atoms with E-state index in [0.717, 1.165) is 41.1 Å². The van der Waals surface area contributed by atoms with Crippen molar-refractivity contribution in [1.82, 2.24) is 18.9 Å². The quantitative estimate of drug-likeness (QED) is 0.491. The molecule has 1 aliphatic heterocycles. The Kier molecular flexibility index (Phi) is 5.21. The van der Waals surface area contributed by atoms with Gasteiger partial charge in [0.2, 0.25) is 5.78 Å². The van der Waals surface area contributed by atoms with Crippen molar-refractivity contribution < 1.29 is 4.74 Å². The third-order valence-corrected chi connectivity index (χ3v) is 6.01. The third-order valence-electron chi connectivity index (χ3n) is 6.01. The number of benzene rings is 2. The number of hydrogen-bond acceptors (Lipinski definition) is 5. The van der Waals surface area contributed by atoms with E-state index in [1.54, 1.807) is 17.9 Å². The first-order valence-corrected chi connectivity index (χ1v) is 10.6. The minimum absolute atomic E-state index is 0.00462. The van der Waals surface area contributed by atoms with Gasteiger partial charge in [0.25, 0.3) is 5.56 Å². The first-order valence-electron chi connectivity index (χ1n) is 10.6. The van der Waals surface area contributed by atoms with Crippen molar-refractivity contribution in [2.24, 2.45) is 0 Å². The van der Waals surface area contributed by atoms with Crippen LogP contribution in [-0.2, 0) is 26.1 Å². The van der Waals surface area contributed by atoms with Crippen molar-refractivity contribution in [1.29, 1.82) is 5.26 Å². The summed E-state index contributed by atoms with van der Waals surface area (Å²) in [5.74, 6) is 1.45. The van der Waals surface area contributed by atoms with Gasteiger partial charge in [0.1, 0.15) is 5.75 Å². The first-order chi connectivity index (χ1) is 15.7. The summed E-state index contributed by atoms with van der Waals surface area (Å²) in [4.78, 5) is 20.3. The number of rotatable bonds is 5. The Labute approximate surface area is 185 Å². The highest BCUT2D eigenvalue weighted by Crippen LogP contribution is 2.21. The Morgan fingerprint density at radius 1 is 1.12 bits per heavy atom. The summed E-state index contributed by atoms with van der Waals surface area (Å²) in [5, 5.41) is 9.17. The average molecular weight is 425 g/mol. The maximum Gasteiger partial charge on any atom is 0.259 e. The molecule has 0 atom stereocenters. The van der Waals surface area contributed by atoms with Crippen molar-refractivity contribution in [2.45, 2.75) is 26.1 Å². The second-order valence-corrected chi connectivity index (χ2v) is 8.03. The van der Waals surface area contributed by atoms with Crippen molar-refractivity contribution in [3.8, 4) is 11.8 Å². The summed E-state index contributed by atoms with van der Waals surface area (Å²) >= 11 is 0. The third kappa shape index (κ3) is 3.66. The smallest absolute Gasteiger partial charge is 0.259 e. The van der Waals surface area contributed by atoms with Gasteiger partial charge in [-0.3, -0.25) is 18.7 Å². The minimum Gasteiger partial charge on any atom is -0.497 e. The number of nitrogens with zero attached hydrogens (tertiary/aromatic N) is 5. The fourth-order valence-corrected chi connectivity index (χ4v) is 4.41. The Hall–Kier alpha value is -3.89. The van der Waals surface area contributed by atoms with Crippen molar-refractivity contribution in [3.05, 3.63) is 99.2 Å². The lowest BCUT2D eigenvalue weighted by molar-refractivity contribution is 0.240. The number of nitriles is 1. The zero-order valence-corrected chi connectivity index (χ0v) is 17.9. The molecule has 0 N–H and O–H groups in total. The zero-order chi connectivity index (χ0) is 22.1. The van der Waals surface area contributed by atoms with Crippen LogP contribution in [0.15, 0.2) is 65.7 Å². The predicted octanol–water partition coefficient (Wildman–Crippen LogP) is 2.98. The maximum atomic E-state index is 13.6. The summed E-state index contributed by atoms with van der Waals surface area (Å²) in [7, 11) is 1.64. The molecule has 5 rings (SSSR count). The zero-order valence-electron chi connectivity index (χ0n) is 17.9. The predicted molar refractivity (Wildman–Crippen MR) is 121 cm³/mol. The van der Waals surface area contributed by atoms with Gasteiger partial charge in [-0.1, -0.05) is 24.3 Å². The molecule has 0 saturated carbocycles. The molecule has 32 heavy (non-hydrogen) atoms. The number of imidazole rings is 1. The van der Waals surface area contributed by atoms with Crippen molar-refractivity contribution in [2.75, 3.05) is 13.7 Å². The van der Waals surface area contributed by atoms with E-state index in [4.69, 9.17) is 4.74 Å². The lowest BCUT2D eigenvalue weighted by Crippen LogP contribution is -2.38. The normalized spacial score (nSPS) is 13.6. The number of aromatic nitrogens is 3. The molecule has 0 amide bonds. The van der Waals surface area contributed by atoms with Crippen LogP contribution in [0.2, 0.25) is 0 Å². The molecular weight excluding hydrogens is 402 g/mol. The number of hydrogen-bond donors (Lipinski definition) is 0. The summed E-state index contributed by atoms with van der Waals surface area (Å²) < 4.78 is 9.04. The van der Waals surface area contributed by atoms with Crippen molar-refractivity contribution >= 4 is 5.78 Å². The van der Waals surface area contributed by atoms with E-state index < -0.39 is 0 Å². The Bertz CT molecular complexity index is 1380. The molecule has 2 aromatic heterocycles. The van der Waals surface area contributed by atoms with Crippen LogP contribution in [-0.4, -0.2) is 32.5 Å². The lowest BCUT2D eigenvalue weighted by atomic mass is 10.0. The Balaban J connectivity index is 1.49. The summed E-state index contributed by atoms with van der Waals surface area (Å²) in [6.45, 7) is 2.57. The molecule has 0 radical (unpaired) electrons. The second kappa shape index (κ2) is 8.33. The molecule has 1 aliphatic rings. The van der Waals surface area contributed by atoms with Crippen LogP contribution in [0.25, 0.3) is 5.78 Å². The number of ether oxygens (including phenoxy) is 1. The Morgan fingerprint density at radius 3 is 2.75 bits per heavy atom. The molecule has 0 bridgehead atoms. The highest BCUT2D eigenvalue weighted by atomic mass is 16.5. The molecule has 3 heterocycles. The highest BCUT2D eigenvalue weighted by Gasteiger charge is 2.24. The van der Waals surface area contributed by atoms with E-state index in [1.165, 1.54) is 0 Å². The molecule has 7 nitrogen and oxygen atoms in total. The molecule has 4 aromatic rings. The topological polar surface area (TPSA) is 75.6 Å². The van der Waals surface area contributed by atoms with Crippen molar-refractivity contribution in [3.63, 3.8) is 0 Å². The van der Waals surface area contributed by atoms with Crippen LogP contribution in [0.3, 0.4) is 0 Å². The van der Waals surface area contributed by atoms with Gasteiger partial charge in [-0.2, -0.15) is 5.26 Å². The van der Waals surface area contributed by atoms with E-state index >= 15 is 0 Å². The van der Waals surface area contributed by atoms with Gasteiger partial charge in [0, 0.05) is 44.1 Å². The van der Waals surface area contributed by atoms with E-state index in [9.17, 15) is 10.1 Å². The molecule has 0 saturated heterocycles. The molecule has 0 spiro atoms. The minimum atomic E-state index is 0.00462. The monoisotopic (exact) mass is 425 g/mol. The van der Waals surface area contributed by atoms with Gasteiger partial charge in [0.05, 0.1) is 30.9 Å². The van der Waals surface area contributed by atoms with E-state index in [0.29, 0.717) is 31.0 Å². The Morgan fingerprint density at radius 2 is 1.97 bits per heavy atom. The molecule has 0 unspecified atom stereocenters. The first kappa shape index (κ1) is 20.0. The van der Waals surface area contributed by atoms with Crippen LogP contribution >= 0.6 is 0 Å². The molecule has 7 heteroatoms.